The summed E-state index contributed by atoms with van der Waals surface area (Å²) in [5.41, 5.74) is 6.15. The Morgan fingerprint density at radius 1 is 1.45 bits per heavy atom. The molecule has 0 aliphatic carbocycles. The third-order valence-corrected chi connectivity index (χ3v) is 2.60. The lowest BCUT2D eigenvalue weighted by atomic mass is 10.2. The van der Waals surface area contributed by atoms with Crippen LogP contribution in [0.3, 0.4) is 0 Å². The van der Waals surface area contributed by atoms with Gasteiger partial charge in [0.25, 0.3) is 5.69 Å². The predicted molar refractivity (Wildman–Crippen MR) is 75.1 cm³/mol. The summed E-state index contributed by atoms with van der Waals surface area (Å²) in [7, 11) is 0. The van der Waals surface area contributed by atoms with Gasteiger partial charge in [-0.05, 0) is 24.4 Å². The number of imidazole rings is 1. The molecule has 0 spiro atoms. The quantitative estimate of drug-likeness (QED) is 0.300. The Balaban J connectivity index is 2.06. The minimum Gasteiger partial charge on any atom is -0.380 e. The van der Waals surface area contributed by atoms with Crippen molar-refractivity contribution in [1.82, 2.24) is 9.55 Å². The van der Waals surface area contributed by atoms with Crippen molar-refractivity contribution in [2.24, 2.45) is 10.9 Å². The Hall–Kier alpha value is -2.81. The van der Waals surface area contributed by atoms with Gasteiger partial charge in [0, 0.05) is 30.1 Å². The van der Waals surface area contributed by atoms with Crippen LogP contribution in [0.25, 0.3) is 0 Å². The van der Waals surface area contributed by atoms with E-state index in [2.05, 4.69) is 10.1 Å². The maximum atomic E-state index is 10.5. The Labute approximate surface area is 118 Å². The third kappa shape index (κ3) is 3.14. The monoisotopic (exact) mass is 291 g/mol. The van der Waals surface area contributed by atoms with E-state index in [0.717, 1.165) is 0 Å². The molecule has 0 aliphatic rings. The molecule has 2 rings (SSSR count). The highest BCUT2D eigenvalue weighted by molar-refractivity contribution is 7.80. The topological polar surface area (TPSA) is 109 Å². The Bertz CT molecular complexity index is 651. The molecule has 2 N–H and O–H groups in total. The van der Waals surface area contributed by atoms with Gasteiger partial charge in [-0.1, -0.05) is 5.16 Å². The molecule has 9 heteroatoms. The summed E-state index contributed by atoms with van der Waals surface area (Å²) in [6.45, 7) is 0. The number of amidine groups is 1. The summed E-state index contributed by atoms with van der Waals surface area (Å²) < 4.78 is 1.45. The average Bonchev–Trinajstić information content (AvgIpc) is 2.98. The van der Waals surface area contributed by atoms with Crippen LogP contribution in [0.5, 0.6) is 0 Å². The van der Waals surface area contributed by atoms with E-state index in [0.29, 0.717) is 5.56 Å². The van der Waals surface area contributed by atoms with Gasteiger partial charge in [0.05, 0.1) is 4.92 Å². The van der Waals surface area contributed by atoms with Crippen molar-refractivity contribution in [1.29, 1.82) is 0 Å². The number of hydrogen-bond donors (Lipinski definition) is 1. The summed E-state index contributed by atoms with van der Waals surface area (Å²) in [6, 6.07) is 5.60. The number of rotatable bonds is 3. The minimum atomic E-state index is -0.498. The van der Waals surface area contributed by atoms with Gasteiger partial charge in [-0.15, -0.1) is 0 Å². The molecule has 0 atom stereocenters. The second-order valence-electron chi connectivity index (χ2n) is 3.61. The van der Waals surface area contributed by atoms with Crippen LogP contribution in [0.2, 0.25) is 0 Å². The van der Waals surface area contributed by atoms with Crippen molar-refractivity contribution in [2.75, 3.05) is 0 Å². The number of non-ortho nitro benzene ring substituents is 1. The molecule has 0 saturated heterocycles. The van der Waals surface area contributed by atoms with Crippen LogP contribution < -0.4 is 5.73 Å². The molecule has 20 heavy (non-hydrogen) atoms. The van der Waals surface area contributed by atoms with Gasteiger partial charge >= 0.3 is 5.17 Å². The summed E-state index contributed by atoms with van der Waals surface area (Å²) in [5.74, 6) is 0.0577. The number of hydrogen-bond acceptors (Lipinski definition) is 6. The van der Waals surface area contributed by atoms with Crippen molar-refractivity contribution in [3.63, 3.8) is 0 Å². The molecule has 102 valence electrons. The molecule has 0 amide bonds. The molecule has 1 aromatic heterocycles. The van der Waals surface area contributed by atoms with Gasteiger partial charge < -0.3 is 10.6 Å². The van der Waals surface area contributed by atoms with E-state index >= 15 is 0 Å². The fraction of sp³-hybridized carbons (Fsp3) is 0. The number of nitro benzene ring substituents is 1. The second-order valence-corrected chi connectivity index (χ2v) is 3.96. The van der Waals surface area contributed by atoms with E-state index < -0.39 is 4.92 Å². The van der Waals surface area contributed by atoms with Crippen LogP contribution >= 0.6 is 12.2 Å². The zero-order valence-electron chi connectivity index (χ0n) is 10.0. The summed E-state index contributed by atoms with van der Waals surface area (Å²) in [4.78, 5) is 18.8. The fourth-order valence-corrected chi connectivity index (χ4v) is 1.45. The lowest BCUT2D eigenvalue weighted by Gasteiger charge is -2.03. The van der Waals surface area contributed by atoms with Gasteiger partial charge in [-0.25, -0.2) is 4.98 Å². The first-order chi connectivity index (χ1) is 9.58. The van der Waals surface area contributed by atoms with E-state index in [-0.39, 0.29) is 16.7 Å². The summed E-state index contributed by atoms with van der Waals surface area (Å²) in [6.07, 6.45) is 4.60. The average molecular weight is 291 g/mol. The van der Waals surface area contributed by atoms with Gasteiger partial charge in [-0.3, -0.25) is 14.7 Å². The highest BCUT2D eigenvalue weighted by atomic mass is 32.1. The zero-order valence-corrected chi connectivity index (χ0v) is 10.9. The number of aromatic nitrogens is 2. The molecule has 0 fully saturated rings. The molecule has 2 aromatic rings. The van der Waals surface area contributed by atoms with E-state index in [1.54, 1.807) is 12.4 Å². The highest BCUT2D eigenvalue weighted by Crippen LogP contribution is 2.11. The van der Waals surface area contributed by atoms with E-state index in [1.165, 1.54) is 35.2 Å². The van der Waals surface area contributed by atoms with Crippen molar-refractivity contribution >= 4 is 28.9 Å². The van der Waals surface area contributed by atoms with Crippen LogP contribution in [0, 0.1) is 10.1 Å². The molecule has 1 heterocycles. The largest absolute Gasteiger partial charge is 0.380 e. The second kappa shape index (κ2) is 5.89. The van der Waals surface area contributed by atoms with Gasteiger partial charge in [0.1, 0.15) is 6.33 Å². The number of nitrogens with zero attached hydrogens (tertiary/aromatic N) is 4. The number of oxime groups is 1. The van der Waals surface area contributed by atoms with Crippen molar-refractivity contribution < 1.29 is 9.76 Å². The first-order valence-electron chi connectivity index (χ1n) is 5.35. The Kier molecular flexibility index (Phi) is 4.01. The number of nitro groups is 1. The molecule has 0 bridgehead atoms. The van der Waals surface area contributed by atoms with Crippen LogP contribution in [0.1, 0.15) is 5.56 Å². The predicted octanol–water partition coefficient (Wildman–Crippen LogP) is 1.26. The van der Waals surface area contributed by atoms with Crippen molar-refractivity contribution in [2.45, 2.75) is 0 Å². The van der Waals surface area contributed by atoms with Crippen LogP contribution in [0.15, 0.2) is 48.1 Å². The summed E-state index contributed by atoms with van der Waals surface area (Å²) >= 11 is 4.95. The molecule has 8 nitrogen and oxygen atoms in total. The van der Waals surface area contributed by atoms with E-state index in [4.69, 9.17) is 22.8 Å². The number of nitrogens with two attached hydrogens (primary N) is 1. The number of benzene rings is 1. The SMILES string of the molecule is N/C(=N\OC(=S)n1ccnc1)c1ccc([N+](=O)[O-])cc1. The van der Waals surface area contributed by atoms with E-state index in [1.807, 2.05) is 0 Å². The van der Waals surface area contributed by atoms with Crippen LogP contribution in [-0.2, 0) is 4.84 Å². The third-order valence-electron chi connectivity index (χ3n) is 2.31. The van der Waals surface area contributed by atoms with E-state index in [9.17, 15) is 10.1 Å². The standard InChI is InChI=1S/C11H9N5O3S/c12-10(8-1-3-9(4-2-8)16(17)18)14-19-11(20)15-6-5-13-7-15/h1-7H,(H2,12,14). The molecule has 0 saturated carbocycles. The zero-order chi connectivity index (χ0) is 14.5. The molecule has 1 aromatic carbocycles. The Morgan fingerprint density at radius 2 is 2.15 bits per heavy atom. The minimum absolute atomic E-state index is 0.0311. The maximum absolute atomic E-state index is 10.5. The lowest BCUT2D eigenvalue weighted by molar-refractivity contribution is -0.384. The van der Waals surface area contributed by atoms with Crippen LogP contribution in [0.4, 0.5) is 5.69 Å². The Morgan fingerprint density at radius 3 is 2.70 bits per heavy atom. The smallest absolute Gasteiger partial charge is 0.301 e. The van der Waals surface area contributed by atoms with Crippen LogP contribution in [-0.4, -0.2) is 25.5 Å². The maximum Gasteiger partial charge on any atom is 0.301 e. The molecule has 0 aliphatic heterocycles. The highest BCUT2D eigenvalue weighted by Gasteiger charge is 2.07. The van der Waals surface area contributed by atoms with Crippen molar-refractivity contribution in [3.05, 3.63) is 58.7 Å². The van der Waals surface area contributed by atoms with Gasteiger partial charge in [0.15, 0.2) is 5.84 Å². The molecular formula is C11H9N5O3S. The first-order valence-corrected chi connectivity index (χ1v) is 5.76. The molecular weight excluding hydrogens is 282 g/mol. The lowest BCUT2D eigenvalue weighted by Crippen LogP contribution is -2.16. The first kappa shape index (κ1) is 13.6. The fourth-order valence-electron chi connectivity index (χ4n) is 1.31. The molecule has 0 unspecified atom stereocenters. The summed E-state index contributed by atoms with van der Waals surface area (Å²) in [5, 5.41) is 14.2. The van der Waals surface area contributed by atoms with Gasteiger partial charge in [0.2, 0.25) is 0 Å². The molecule has 0 radical (unpaired) electrons. The number of thiocarbonyl (C=S) groups is 1. The van der Waals surface area contributed by atoms with Crippen molar-refractivity contribution in [3.8, 4) is 0 Å². The normalized spacial score (nSPS) is 11.1. The van der Waals surface area contributed by atoms with Gasteiger partial charge in [-0.2, -0.15) is 0 Å².